The Balaban J connectivity index is 1.64. The fraction of sp³-hybridized carbons (Fsp3) is 0.562. The number of aryl methyl sites for hydroxylation is 2. The predicted molar refractivity (Wildman–Crippen MR) is 94.5 cm³/mol. The number of hydrogen-bond acceptors (Lipinski definition) is 7. The number of thioether (sulfide) groups is 1. The summed E-state index contributed by atoms with van der Waals surface area (Å²) in [6, 6.07) is 2.04. The number of aromatic nitrogens is 3. The van der Waals surface area contributed by atoms with Gasteiger partial charge in [-0.15, -0.1) is 0 Å². The third-order valence-electron chi connectivity index (χ3n) is 4.16. The van der Waals surface area contributed by atoms with E-state index >= 15 is 0 Å². The van der Waals surface area contributed by atoms with Crippen molar-refractivity contribution in [1.29, 1.82) is 0 Å². The van der Waals surface area contributed by atoms with Crippen molar-refractivity contribution < 1.29 is 4.52 Å². The third kappa shape index (κ3) is 3.77. The summed E-state index contributed by atoms with van der Waals surface area (Å²) in [5.41, 5.74) is 2.14. The first-order chi connectivity index (χ1) is 11.1. The Morgan fingerprint density at radius 1 is 1.30 bits per heavy atom. The Morgan fingerprint density at radius 2 is 2.09 bits per heavy atom. The van der Waals surface area contributed by atoms with Crippen LogP contribution in [0, 0.1) is 13.8 Å². The SMILES string of the molecule is Cc1noc(C)c1[C@@H](C)CNc1cc(N2CCSCC2)ncn1. The highest BCUT2D eigenvalue weighted by Gasteiger charge is 2.17. The minimum Gasteiger partial charge on any atom is -0.369 e. The van der Waals surface area contributed by atoms with Gasteiger partial charge in [0.2, 0.25) is 0 Å². The molecule has 0 radical (unpaired) electrons. The van der Waals surface area contributed by atoms with Gasteiger partial charge in [-0.1, -0.05) is 12.1 Å². The maximum Gasteiger partial charge on any atom is 0.137 e. The normalized spacial score (nSPS) is 16.4. The molecule has 23 heavy (non-hydrogen) atoms. The first-order valence-corrected chi connectivity index (χ1v) is 9.12. The molecule has 1 aliphatic heterocycles. The molecule has 0 spiro atoms. The van der Waals surface area contributed by atoms with E-state index in [0.717, 1.165) is 54.2 Å². The van der Waals surface area contributed by atoms with Gasteiger partial charge in [-0.3, -0.25) is 0 Å². The number of hydrogen-bond donors (Lipinski definition) is 1. The van der Waals surface area contributed by atoms with Crippen LogP contribution in [0.1, 0.15) is 29.9 Å². The lowest BCUT2D eigenvalue weighted by atomic mass is 10.00. The van der Waals surface area contributed by atoms with Crippen molar-refractivity contribution in [1.82, 2.24) is 15.1 Å². The lowest BCUT2D eigenvalue weighted by Gasteiger charge is -2.27. The topological polar surface area (TPSA) is 67.1 Å². The zero-order valence-electron chi connectivity index (χ0n) is 13.9. The smallest absolute Gasteiger partial charge is 0.137 e. The van der Waals surface area contributed by atoms with Crippen LogP contribution in [-0.4, -0.2) is 46.3 Å². The molecule has 0 amide bonds. The van der Waals surface area contributed by atoms with Crippen molar-refractivity contribution in [2.24, 2.45) is 0 Å². The van der Waals surface area contributed by atoms with Gasteiger partial charge in [0.25, 0.3) is 0 Å². The maximum atomic E-state index is 5.25. The molecule has 6 nitrogen and oxygen atoms in total. The number of rotatable bonds is 5. The lowest BCUT2D eigenvalue weighted by Crippen LogP contribution is -2.33. The van der Waals surface area contributed by atoms with Crippen LogP contribution in [0.25, 0.3) is 0 Å². The number of nitrogens with zero attached hydrogens (tertiary/aromatic N) is 4. The largest absolute Gasteiger partial charge is 0.369 e. The second-order valence-electron chi connectivity index (χ2n) is 5.88. The van der Waals surface area contributed by atoms with Gasteiger partial charge in [-0.2, -0.15) is 11.8 Å². The van der Waals surface area contributed by atoms with Gasteiger partial charge in [-0.25, -0.2) is 9.97 Å². The Bertz CT molecular complexity index is 634. The first kappa shape index (κ1) is 16.1. The third-order valence-corrected chi connectivity index (χ3v) is 5.10. The summed E-state index contributed by atoms with van der Waals surface area (Å²) in [7, 11) is 0. The summed E-state index contributed by atoms with van der Waals surface area (Å²) in [6.45, 7) is 9.01. The molecule has 1 aliphatic rings. The van der Waals surface area contributed by atoms with Gasteiger partial charge in [0.05, 0.1) is 5.69 Å². The van der Waals surface area contributed by atoms with Crippen molar-refractivity contribution in [2.45, 2.75) is 26.7 Å². The van der Waals surface area contributed by atoms with E-state index in [2.05, 4.69) is 32.3 Å². The van der Waals surface area contributed by atoms with Gasteiger partial charge >= 0.3 is 0 Å². The summed E-state index contributed by atoms with van der Waals surface area (Å²) < 4.78 is 5.25. The average molecular weight is 333 g/mol. The van der Waals surface area contributed by atoms with Crippen LogP contribution in [0.15, 0.2) is 16.9 Å². The summed E-state index contributed by atoms with van der Waals surface area (Å²) >= 11 is 2.00. The van der Waals surface area contributed by atoms with Crippen molar-refractivity contribution in [3.05, 3.63) is 29.4 Å². The van der Waals surface area contributed by atoms with E-state index in [1.54, 1.807) is 6.33 Å². The molecule has 3 heterocycles. The van der Waals surface area contributed by atoms with Gasteiger partial charge in [0.15, 0.2) is 0 Å². The van der Waals surface area contributed by atoms with Crippen molar-refractivity contribution in [2.75, 3.05) is 41.4 Å². The molecule has 0 bridgehead atoms. The Labute approximate surface area is 141 Å². The summed E-state index contributed by atoms with van der Waals surface area (Å²) in [5.74, 6) is 5.41. The summed E-state index contributed by atoms with van der Waals surface area (Å²) in [5, 5.41) is 7.44. The van der Waals surface area contributed by atoms with Gasteiger partial charge in [0, 0.05) is 48.7 Å². The molecule has 2 aromatic rings. The number of anilines is 2. The molecular weight excluding hydrogens is 310 g/mol. The van der Waals surface area contributed by atoms with Crippen molar-refractivity contribution >= 4 is 23.4 Å². The zero-order chi connectivity index (χ0) is 16.2. The molecule has 1 atom stereocenters. The van der Waals surface area contributed by atoms with E-state index in [1.165, 1.54) is 5.56 Å². The molecule has 1 fully saturated rings. The molecule has 1 N–H and O–H groups in total. The van der Waals surface area contributed by atoms with Crippen LogP contribution in [0.2, 0.25) is 0 Å². The van der Waals surface area contributed by atoms with Crippen LogP contribution in [-0.2, 0) is 0 Å². The molecule has 2 aromatic heterocycles. The van der Waals surface area contributed by atoms with Crippen LogP contribution >= 0.6 is 11.8 Å². The minimum atomic E-state index is 0.311. The average Bonchev–Trinajstić information content (AvgIpc) is 2.92. The second-order valence-corrected chi connectivity index (χ2v) is 7.11. The lowest BCUT2D eigenvalue weighted by molar-refractivity contribution is 0.391. The standard InChI is InChI=1S/C16H23N5OS/c1-11(16-12(2)20-22-13(16)3)9-17-14-8-15(19-10-18-14)21-4-6-23-7-5-21/h8,10-11H,4-7,9H2,1-3H3,(H,17,18,19)/t11-/m0/s1. The molecule has 0 aromatic carbocycles. The Kier molecular flexibility index (Phi) is 5.05. The number of nitrogens with one attached hydrogen (secondary N) is 1. The monoisotopic (exact) mass is 333 g/mol. The molecule has 1 saturated heterocycles. The summed E-state index contributed by atoms with van der Waals surface area (Å²) in [4.78, 5) is 11.1. The van der Waals surface area contributed by atoms with E-state index in [1.807, 2.05) is 31.7 Å². The van der Waals surface area contributed by atoms with E-state index in [-0.39, 0.29) is 0 Å². The minimum absolute atomic E-state index is 0.311. The van der Waals surface area contributed by atoms with Crippen molar-refractivity contribution in [3.63, 3.8) is 0 Å². The van der Waals surface area contributed by atoms with E-state index in [9.17, 15) is 0 Å². The van der Waals surface area contributed by atoms with Gasteiger partial charge < -0.3 is 14.7 Å². The first-order valence-electron chi connectivity index (χ1n) is 7.96. The van der Waals surface area contributed by atoms with E-state index in [0.29, 0.717) is 5.92 Å². The quantitative estimate of drug-likeness (QED) is 0.902. The molecule has 0 aliphatic carbocycles. The second kappa shape index (κ2) is 7.21. The van der Waals surface area contributed by atoms with Crippen LogP contribution in [0.4, 0.5) is 11.6 Å². The molecule has 0 saturated carbocycles. The highest BCUT2D eigenvalue weighted by molar-refractivity contribution is 7.99. The Morgan fingerprint density at radius 3 is 2.78 bits per heavy atom. The molecule has 7 heteroatoms. The molecule has 3 rings (SSSR count). The van der Waals surface area contributed by atoms with Crippen LogP contribution in [0.3, 0.4) is 0 Å². The molecular formula is C16H23N5OS. The van der Waals surface area contributed by atoms with Gasteiger partial charge in [0.1, 0.15) is 23.7 Å². The van der Waals surface area contributed by atoms with Crippen LogP contribution < -0.4 is 10.2 Å². The molecule has 124 valence electrons. The zero-order valence-corrected chi connectivity index (χ0v) is 14.7. The predicted octanol–water partition coefficient (Wildman–Crippen LogP) is 2.85. The Hall–Kier alpha value is -1.76. The highest BCUT2D eigenvalue weighted by Crippen LogP contribution is 2.24. The highest BCUT2D eigenvalue weighted by atomic mass is 32.2. The maximum absolute atomic E-state index is 5.25. The fourth-order valence-electron chi connectivity index (χ4n) is 2.96. The van der Waals surface area contributed by atoms with E-state index < -0.39 is 0 Å². The fourth-order valence-corrected chi connectivity index (χ4v) is 3.87. The molecule has 0 unspecified atom stereocenters. The van der Waals surface area contributed by atoms with Gasteiger partial charge in [-0.05, 0) is 13.8 Å². The van der Waals surface area contributed by atoms with Crippen LogP contribution in [0.5, 0.6) is 0 Å². The summed E-state index contributed by atoms with van der Waals surface area (Å²) in [6.07, 6.45) is 1.64. The van der Waals surface area contributed by atoms with Crippen molar-refractivity contribution in [3.8, 4) is 0 Å². The van der Waals surface area contributed by atoms with E-state index in [4.69, 9.17) is 4.52 Å².